The van der Waals surface area contributed by atoms with Crippen molar-refractivity contribution in [3.8, 4) is 0 Å². The van der Waals surface area contributed by atoms with Gasteiger partial charge in [-0.2, -0.15) is 0 Å². The number of hydrogen-bond donors (Lipinski definition) is 2. The molecule has 2 N–H and O–H groups in total. The monoisotopic (exact) mass is 322 g/mol. The predicted octanol–water partition coefficient (Wildman–Crippen LogP) is -1.30. The molecule has 0 spiro atoms. The van der Waals surface area contributed by atoms with Crippen LogP contribution in [0.4, 0.5) is 0 Å². The van der Waals surface area contributed by atoms with Crippen LogP contribution in [0.2, 0.25) is 0 Å². The van der Waals surface area contributed by atoms with Gasteiger partial charge >= 0.3 is 5.97 Å². The van der Waals surface area contributed by atoms with Crippen LogP contribution in [0.25, 0.3) is 0 Å². The Morgan fingerprint density at radius 1 is 1.38 bits per heavy atom. The van der Waals surface area contributed by atoms with Crippen LogP contribution >= 0.6 is 0 Å². The molecule has 1 aliphatic rings. The number of nitrogens with zero attached hydrogens (tertiary/aromatic N) is 1. The van der Waals surface area contributed by atoms with Crippen LogP contribution < -0.4 is 5.32 Å². The molecule has 0 bridgehead atoms. The van der Waals surface area contributed by atoms with E-state index in [1.165, 1.54) is 11.4 Å². The lowest BCUT2D eigenvalue weighted by Gasteiger charge is -2.30. The van der Waals surface area contributed by atoms with Gasteiger partial charge in [-0.15, -0.1) is 0 Å². The summed E-state index contributed by atoms with van der Waals surface area (Å²) in [4.78, 5) is 23.3. The van der Waals surface area contributed by atoms with E-state index in [1.54, 1.807) is 6.92 Å². The lowest BCUT2D eigenvalue weighted by atomic mass is 9.97. The Hall–Kier alpha value is -1.19. The third kappa shape index (κ3) is 4.65. The molecule has 0 saturated carbocycles. The molecule has 1 rings (SSSR count). The van der Waals surface area contributed by atoms with Gasteiger partial charge in [-0.05, 0) is 19.8 Å². The Balaban J connectivity index is 2.54. The summed E-state index contributed by atoms with van der Waals surface area (Å²) >= 11 is 0. The third-order valence-electron chi connectivity index (χ3n) is 3.57. The maximum Gasteiger partial charge on any atom is 0.330 e. The lowest BCUT2D eigenvalue weighted by Crippen LogP contribution is -2.49. The number of esters is 1. The highest BCUT2D eigenvalue weighted by Gasteiger charge is 2.32. The number of ether oxygens (including phenoxy) is 1. The van der Waals surface area contributed by atoms with Crippen molar-refractivity contribution in [2.75, 3.05) is 32.6 Å². The van der Waals surface area contributed by atoms with Crippen molar-refractivity contribution in [1.29, 1.82) is 0 Å². The Morgan fingerprint density at radius 2 is 1.95 bits per heavy atom. The second-order valence-corrected chi connectivity index (χ2v) is 7.10. The van der Waals surface area contributed by atoms with Crippen molar-refractivity contribution in [3.63, 3.8) is 0 Å². The standard InChI is InChI=1S/C12H22N2O6S/c1-3-21(18,19)14-6-4-9(5-7-14)11(16)13-10(8-15)12(17)20-2/h9-10,15H,3-8H2,1-2H3,(H,13,16). The molecule has 122 valence electrons. The Labute approximate surface area is 124 Å². The zero-order valence-corrected chi connectivity index (χ0v) is 13.1. The van der Waals surface area contributed by atoms with Crippen molar-refractivity contribution < 1.29 is 27.9 Å². The highest BCUT2D eigenvalue weighted by Crippen LogP contribution is 2.20. The van der Waals surface area contributed by atoms with E-state index >= 15 is 0 Å². The van der Waals surface area contributed by atoms with Gasteiger partial charge in [0.1, 0.15) is 0 Å². The largest absolute Gasteiger partial charge is 0.467 e. The van der Waals surface area contributed by atoms with E-state index in [0.717, 1.165) is 0 Å². The Bertz CT molecular complexity index is 470. The molecule has 1 fully saturated rings. The van der Waals surface area contributed by atoms with Gasteiger partial charge in [0.15, 0.2) is 6.04 Å². The summed E-state index contributed by atoms with van der Waals surface area (Å²) in [6, 6.07) is -1.08. The zero-order chi connectivity index (χ0) is 16.0. The number of aliphatic hydroxyl groups is 1. The fourth-order valence-electron chi connectivity index (χ4n) is 2.19. The smallest absolute Gasteiger partial charge is 0.330 e. The summed E-state index contributed by atoms with van der Waals surface area (Å²) in [7, 11) is -2.06. The molecule has 1 saturated heterocycles. The number of sulfonamides is 1. The summed E-state index contributed by atoms with van der Waals surface area (Å²) in [6.45, 7) is 1.62. The first-order valence-corrected chi connectivity index (χ1v) is 8.43. The molecule has 1 heterocycles. The van der Waals surface area contributed by atoms with Crippen LogP contribution in [0.3, 0.4) is 0 Å². The van der Waals surface area contributed by atoms with Crippen molar-refractivity contribution in [2.45, 2.75) is 25.8 Å². The maximum atomic E-state index is 12.0. The van der Waals surface area contributed by atoms with Crippen LogP contribution in [0.1, 0.15) is 19.8 Å². The minimum atomic E-state index is -3.23. The molecule has 21 heavy (non-hydrogen) atoms. The van der Waals surface area contributed by atoms with E-state index in [4.69, 9.17) is 5.11 Å². The van der Waals surface area contributed by atoms with Crippen molar-refractivity contribution in [3.05, 3.63) is 0 Å². The van der Waals surface area contributed by atoms with Crippen molar-refractivity contribution >= 4 is 21.9 Å². The van der Waals surface area contributed by atoms with Gasteiger partial charge in [0, 0.05) is 19.0 Å². The van der Waals surface area contributed by atoms with Gasteiger partial charge in [-0.3, -0.25) is 4.79 Å². The van der Waals surface area contributed by atoms with Crippen molar-refractivity contribution in [2.24, 2.45) is 5.92 Å². The number of hydrogen-bond acceptors (Lipinski definition) is 6. The number of rotatable bonds is 6. The Morgan fingerprint density at radius 3 is 2.38 bits per heavy atom. The number of piperidine rings is 1. The van der Waals surface area contributed by atoms with E-state index in [9.17, 15) is 18.0 Å². The van der Waals surface area contributed by atoms with Crippen molar-refractivity contribution in [1.82, 2.24) is 9.62 Å². The van der Waals surface area contributed by atoms with Gasteiger partial charge in [0.2, 0.25) is 15.9 Å². The summed E-state index contributed by atoms with van der Waals surface area (Å²) in [5.41, 5.74) is 0. The van der Waals surface area contributed by atoms with Crippen LogP contribution in [-0.2, 0) is 24.3 Å². The van der Waals surface area contributed by atoms with E-state index in [1.807, 2.05) is 0 Å². The van der Waals surface area contributed by atoms with Gasteiger partial charge < -0.3 is 15.2 Å². The van der Waals surface area contributed by atoms with E-state index in [0.29, 0.717) is 12.8 Å². The molecule has 1 aliphatic heterocycles. The number of carbonyl (C=O) groups is 2. The molecule has 0 aliphatic carbocycles. The molecule has 0 radical (unpaired) electrons. The summed E-state index contributed by atoms with van der Waals surface area (Å²) in [6.07, 6.45) is 0.786. The molecule has 8 nitrogen and oxygen atoms in total. The van der Waals surface area contributed by atoms with E-state index < -0.39 is 28.6 Å². The third-order valence-corrected chi connectivity index (χ3v) is 5.45. The first-order valence-electron chi connectivity index (χ1n) is 6.82. The number of nitrogens with one attached hydrogen (secondary N) is 1. The molecule has 0 aromatic carbocycles. The topological polar surface area (TPSA) is 113 Å². The summed E-state index contributed by atoms with van der Waals surface area (Å²) in [5, 5.41) is 11.5. The average Bonchev–Trinajstić information content (AvgIpc) is 2.51. The molecule has 0 aromatic rings. The van der Waals surface area contributed by atoms with E-state index in [-0.39, 0.29) is 30.7 Å². The first-order chi connectivity index (χ1) is 9.85. The maximum absolute atomic E-state index is 12.0. The van der Waals surface area contributed by atoms with Crippen LogP contribution in [0, 0.1) is 5.92 Å². The second kappa shape index (κ2) is 7.71. The fraction of sp³-hybridized carbons (Fsp3) is 0.833. The van der Waals surface area contributed by atoms with Gasteiger partial charge in [0.25, 0.3) is 0 Å². The molecular formula is C12H22N2O6S. The SMILES string of the molecule is CCS(=O)(=O)N1CCC(C(=O)NC(CO)C(=O)OC)CC1. The molecular weight excluding hydrogens is 300 g/mol. The molecule has 9 heteroatoms. The lowest BCUT2D eigenvalue weighted by molar-refractivity contribution is -0.146. The number of aliphatic hydroxyl groups excluding tert-OH is 1. The van der Waals surface area contributed by atoms with Crippen LogP contribution in [0.15, 0.2) is 0 Å². The molecule has 1 amide bonds. The van der Waals surface area contributed by atoms with Gasteiger partial charge in [0.05, 0.1) is 19.5 Å². The van der Waals surface area contributed by atoms with Gasteiger partial charge in [-0.25, -0.2) is 17.5 Å². The molecule has 0 aromatic heterocycles. The summed E-state index contributed by atoms with van der Waals surface area (Å²) < 4.78 is 29.3. The number of methoxy groups -OCH3 is 1. The highest BCUT2D eigenvalue weighted by atomic mass is 32.2. The second-order valence-electron chi connectivity index (χ2n) is 4.84. The number of carbonyl (C=O) groups excluding carboxylic acids is 2. The minimum Gasteiger partial charge on any atom is -0.467 e. The Kier molecular flexibility index (Phi) is 6.56. The van der Waals surface area contributed by atoms with Gasteiger partial charge in [-0.1, -0.05) is 0 Å². The average molecular weight is 322 g/mol. The minimum absolute atomic E-state index is 0.0405. The fourth-order valence-corrected chi connectivity index (χ4v) is 3.32. The zero-order valence-electron chi connectivity index (χ0n) is 12.2. The van der Waals surface area contributed by atoms with Crippen LogP contribution in [-0.4, -0.2) is 68.3 Å². The number of amides is 1. The van der Waals surface area contributed by atoms with Crippen LogP contribution in [0.5, 0.6) is 0 Å². The normalized spacial score (nSPS) is 19.0. The van der Waals surface area contributed by atoms with E-state index in [2.05, 4.69) is 10.1 Å². The summed E-state index contributed by atoms with van der Waals surface area (Å²) in [5.74, 6) is -1.41. The quantitative estimate of drug-likeness (QED) is 0.588. The molecule has 1 unspecified atom stereocenters. The predicted molar refractivity (Wildman–Crippen MR) is 74.8 cm³/mol. The first kappa shape index (κ1) is 17.9. The molecule has 1 atom stereocenters. The highest BCUT2D eigenvalue weighted by molar-refractivity contribution is 7.89.